The number of fused-ring (bicyclic) bond motifs is 1. The number of carbonyl (C=O) groups excluding carboxylic acids is 3. The minimum atomic E-state index is -0.785. The molecule has 0 saturated carbocycles. The fourth-order valence-corrected chi connectivity index (χ4v) is 5.50. The third kappa shape index (κ3) is 5.94. The first-order chi connectivity index (χ1) is 19.4. The van der Waals surface area contributed by atoms with E-state index in [2.05, 4.69) is 5.32 Å². The van der Waals surface area contributed by atoms with Gasteiger partial charge in [-0.15, -0.1) is 0 Å². The van der Waals surface area contributed by atoms with Crippen LogP contribution in [0.15, 0.2) is 84.9 Å². The Labute approximate surface area is 234 Å². The normalized spacial score (nSPS) is 19.5. The number of amides is 4. The third-order valence-corrected chi connectivity index (χ3v) is 7.39. The van der Waals surface area contributed by atoms with Gasteiger partial charge in [0.2, 0.25) is 11.8 Å². The van der Waals surface area contributed by atoms with Crippen molar-refractivity contribution in [3.05, 3.63) is 102 Å². The summed E-state index contributed by atoms with van der Waals surface area (Å²) in [6.45, 7) is 3.48. The zero-order chi connectivity index (χ0) is 28.1. The first-order valence-corrected chi connectivity index (χ1v) is 13.7. The molecule has 0 aromatic heterocycles. The summed E-state index contributed by atoms with van der Waals surface area (Å²) in [5, 5.41) is 16.2. The van der Waals surface area contributed by atoms with Gasteiger partial charge in [-0.1, -0.05) is 79.7 Å². The van der Waals surface area contributed by atoms with Crippen LogP contribution in [0.5, 0.6) is 5.75 Å². The molecular weight excluding hydrogens is 506 g/mol. The van der Waals surface area contributed by atoms with Crippen molar-refractivity contribution in [2.45, 2.75) is 45.1 Å². The third-order valence-electron chi connectivity index (χ3n) is 7.39. The molecule has 2 aliphatic heterocycles. The van der Waals surface area contributed by atoms with Crippen LogP contribution in [0.25, 0.3) is 0 Å². The lowest BCUT2D eigenvalue weighted by molar-refractivity contribution is -0.190. The standard InChI is InChI=1S/C31H35N5O4/c1-2-17-34-22-29(38)35-27(18-23-13-15-26(37)16-14-23)30(39)33(20-25-11-7-4-8-12-25)21-28(35)36(34)31(40)32-19-24-9-5-3-6-10-24/h3-16,27-28,37H,2,17-22H2,1H3,(H,32,40)/t27-,28+/m1/s1. The average Bonchev–Trinajstić information content (AvgIpc) is 2.96. The Hall–Kier alpha value is -4.37. The summed E-state index contributed by atoms with van der Waals surface area (Å²) in [5.41, 5.74) is 2.76. The minimum Gasteiger partial charge on any atom is -0.508 e. The van der Waals surface area contributed by atoms with Crippen LogP contribution in [-0.2, 0) is 29.1 Å². The van der Waals surface area contributed by atoms with Crippen molar-refractivity contribution < 1.29 is 19.5 Å². The number of nitrogens with zero attached hydrogens (tertiary/aromatic N) is 4. The maximum atomic E-state index is 13.9. The molecule has 2 atom stereocenters. The highest BCUT2D eigenvalue weighted by molar-refractivity contribution is 5.91. The number of phenolic OH excluding ortho intramolecular Hbond substituents is 1. The number of hydrogen-bond donors (Lipinski definition) is 2. The smallest absolute Gasteiger partial charge is 0.334 e. The number of piperazine rings is 1. The maximum Gasteiger partial charge on any atom is 0.334 e. The van der Waals surface area contributed by atoms with Crippen LogP contribution >= 0.6 is 0 Å². The molecule has 2 N–H and O–H groups in total. The molecule has 2 aliphatic rings. The molecule has 3 aromatic carbocycles. The molecule has 2 fully saturated rings. The first kappa shape index (κ1) is 27.2. The van der Waals surface area contributed by atoms with Crippen molar-refractivity contribution in [1.29, 1.82) is 0 Å². The molecule has 0 aliphatic carbocycles. The van der Waals surface area contributed by atoms with Gasteiger partial charge in [0.05, 0.1) is 13.1 Å². The van der Waals surface area contributed by atoms with Gasteiger partial charge < -0.3 is 20.2 Å². The number of hydrazine groups is 1. The summed E-state index contributed by atoms with van der Waals surface area (Å²) < 4.78 is 0. The van der Waals surface area contributed by atoms with Crippen LogP contribution in [0.4, 0.5) is 4.79 Å². The van der Waals surface area contributed by atoms with Gasteiger partial charge in [0.1, 0.15) is 18.0 Å². The van der Waals surface area contributed by atoms with E-state index in [9.17, 15) is 19.5 Å². The second-order valence-electron chi connectivity index (χ2n) is 10.2. The monoisotopic (exact) mass is 541 g/mol. The lowest BCUT2D eigenvalue weighted by atomic mass is 9.98. The van der Waals surface area contributed by atoms with Crippen LogP contribution in [0.1, 0.15) is 30.0 Å². The van der Waals surface area contributed by atoms with Gasteiger partial charge in [-0.05, 0) is 35.2 Å². The Morgan fingerprint density at radius 2 is 1.55 bits per heavy atom. The molecule has 0 spiro atoms. The molecule has 0 radical (unpaired) electrons. The Morgan fingerprint density at radius 3 is 2.20 bits per heavy atom. The Bertz CT molecular complexity index is 1320. The van der Waals surface area contributed by atoms with Crippen LogP contribution in [0.3, 0.4) is 0 Å². The number of aromatic hydroxyl groups is 1. The van der Waals surface area contributed by atoms with E-state index in [1.54, 1.807) is 44.1 Å². The molecule has 5 rings (SSSR count). The lowest BCUT2D eigenvalue weighted by Crippen LogP contribution is -2.76. The highest BCUT2D eigenvalue weighted by Crippen LogP contribution is 2.29. The zero-order valence-electron chi connectivity index (χ0n) is 22.6. The Morgan fingerprint density at radius 1 is 0.900 bits per heavy atom. The number of urea groups is 1. The molecule has 9 heteroatoms. The largest absolute Gasteiger partial charge is 0.508 e. The van der Waals surface area contributed by atoms with Gasteiger partial charge in [0.25, 0.3) is 0 Å². The molecule has 9 nitrogen and oxygen atoms in total. The molecule has 3 aromatic rings. The predicted octanol–water partition coefficient (Wildman–Crippen LogP) is 3.35. The average molecular weight is 542 g/mol. The molecule has 40 heavy (non-hydrogen) atoms. The van der Waals surface area contributed by atoms with E-state index in [1.807, 2.05) is 67.6 Å². The van der Waals surface area contributed by atoms with E-state index in [0.717, 1.165) is 23.1 Å². The first-order valence-electron chi connectivity index (χ1n) is 13.7. The van der Waals surface area contributed by atoms with Crippen LogP contribution in [0, 0.1) is 0 Å². The quantitative estimate of drug-likeness (QED) is 0.456. The second kappa shape index (κ2) is 12.2. The molecule has 0 unspecified atom stereocenters. The van der Waals surface area contributed by atoms with E-state index >= 15 is 0 Å². The zero-order valence-corrected chi connectivity index (χ0v) is 22.6. The number of phenols is 1. The Balaban J connectivity index is 1.48. The summed E-state index contributed by atoms with van der Waals surface area (Å²) >= 11 is 0. The number of benzene rings is 3. The van der Waals surface area contributed by atoms with Crippen molar-refractivity contribution in [3.63, 3.8) is 0 Å². The molecule has 208 valence electrons. The number of carbonyl (C=O) groups is 3. The number of hydrogen-bond acceptors (Lipinski definition) is 5. The summed E-state index contributed by atoms with van der Waals surface area (Å²) in [6.07, 6.45) is 0.374. The SMILES string of the molecule is CCCN1CC(=O)N2[C@H](Cc3ccc(O)cc3)C(=O)N(Cc3ccccc3)C[C@@H]2N1C(=O)NCc1ccccc1. The number of rotatable bonds is 8. The van der Waals surface area contributed by atoms with Gasteiger partial charge in [0.15, 0.2) is 0 Å². The van der Waals surface area contributed by atoms with Gasteiger partial charge in [-0.2, -0.15) is 0 Å². The lowest BCUT2D eigenvalue weighted by Gasteiger charge is -2.55. The summed E-state index contributed by atoms with van der Waals surface area (Å²) in [4.78, 5) is 44.7. The van der Waals surface area contributed by atoms with Crippen molar-refractivity contribution in [3.8, 4) is 5.75 Å². The van der Waals surface area contributed by atoms with E-state index < -0.39 is 12.2 Å². The van der Waals surface area contributed by atoms with E-state index in [4.69, 9.17) is 0 Å². The van der Waals surface area contributed by atoms with Crippen molar-refractivity contribution in [1.82, 2.24) is 25.1 Å². The highest BCUT2D eigenvalue weighted by atomic mass is 16.3. The van der Waals surface area contributed by atoms with E-state index in [0.29, 0.717) is 19.6 Å². The van der Waals surface area contributed by atoms with Crippen LogP contribution in [-0.4, -0.2) is 74.6 Å². The number of nitrogens with one attached hydrogen (secondary N) is 1. The van der Waals surface area contributed by atoms with Gasteiger partial charge in [-0.25, -0.2) is 14.8 Å². The van der Waals surface area contributed by atoms with Crippen molar-refractivity contribution >= 4 is 17.8 Å². The van der Waals surface area contributed by atoms with Crippen molar-refractivity contribution in [2.24, 2.45) is 0 Å². The summed E-state index contributed by atoms with van der Waals surface area (Å²) in [6, 6.07) is 25.0. The minimum absolute atomic E-state index is 0.0150. The molecule has 4 amide bonds. The van der Waals surface area contributed by atoms with Crippen LogP contribution < -0.4 is 5.32 Å². The van der Waals surface area contributed by atoms with Gasteiger partial charge >= 0.3 is 6.03 Å². The Kier molecular flexibility index (Phi) is 8.31. The van der Waals surface area contributed by atoms with Gasteiger partial charge in [0, 0.05) is 26.1 Å². The summed E-state index contributed by atoms with van der Waals surface area (Å²) in [5.74, 6) is -0.204. The summed E-state index contributed by atoms with van der Waals surface area (Å²) in [7, 11) is 0. The highest BCUT2D eigenvalue weighted by Gasteiger charge is 2.51. The second-order valence-corrected chi connectivity index (χ2v) is 10.2. The van der Waals surface area contributed by atoms with Gasteiger partial charge in [-0.3, -0.25) is 9.59 Å². The fraction of sp³-hybridized carbons (Fsp3) is 0.323. The predicted molar refractivity (Wildman–Crippen MR) is 150 cm³/mol. The molecule has 2 heterocycles. The van der Waals surface area contributed by atoms with Crippen molar-refractivity contribution in [2.75, 3.05) is 19.6 Å². The van der Waals surface area contributed by atoms with E-state index in [1.165, 1.54) is 0 Å². The molecular formula is C31H35N5O4. The van der Waals surface area contributed by atoms with Crippen LogP contribution in [0.2, 0.25) is 0 Å². The van der Waals surface area contributed by atoms with E-state index in [-0.39, 0.29) is 43.1 Å². The molecule has 2 saturated heterocycles. The topological polar surface area (TPSA) is 96.4 Å². The fourth-order valence-electron chi connectivity index (χ4n) is 5.50. The molecule has 0 bridgehead atoms. The maximum absolute atomic E-state index is 13.9.